The van der Waals surface area contributed by atoms with E-state index in [2.05, 4.69) is 29.6 Å². The molecule has 0 spiro atoms. The molecule has 0 saturated heterocycles. The number of benzene rings is 2. The molecular weight excluding hydrogens is 234 g/mol. The maximum absolute atomic E-state index is 9.00. The highest BCUT2D eigenvalue weighted by Gasteiger charge is 2.23. The molecule has 0 heterocycles. The molecule has 0 unspecified atom stereocenters. The Kier molecular flexibility index (Phi) is 3.51. The van der Waals surface area contributed by atoms with Gasteiger partial charge >= 0.3 is 0 Å². The quantitative estimate of drug-likeness (QED) is 0.852. The lowest BCUT2D eigenvalue weighted by molar-refractivity contribution is 0.282. The number of hydrogen-bond donors (Lipinski definition) is 2. The molecule has 3 rings (SSSR count). The maximum Gasteiger partial charge on any atom is 0.0681 e. The Hall–Kier alpha value is -1.80. The summed E-state index contributed by atoms with van der Waals surface area (Å²) in [5.41, 5.74) is 4.85. The zero-order valence-corrected chi connectivity index (χ0v) is 11.0. The predicted molar refractivity (Wildman–Crippen MR) is 78.1 cm³/mol. The van der Waals surface area contributed by atoms with Crippen LogP contribution in [0.4, 0.5) is 5.69 Å². The minimum atomic E-state index is 0.101. The molecule has 1 fully saturated rings. The van der Waals surface area contributed by atoms with Gasteiger partial charge in [-0.15, -0.1) is 0 Å². The van der Waals surface area contributed by atoms with Gasteiger partial charge < -0.3 is 10.4 Å². The molecule has 2 aromatic carbocycles. The summed E-state index contributed by atoms with van der Waals surface area (Å²) >= 11 is 0. The minimum Gasteiger partial charge on any atom is -0.392 e. The Morgan fingerprint density at radius 1 is 1.00 bits per heavy atom. The number of aliphatic hydroxyl groups excluding tert-OH is 1. The average Bonchev–Trinajstić information content (AvgIpc) is 3.31. The molecule has 2 aromatic rings. The molecule has 1 aliphatic rings. The van der Waals surface area contributed by atoms with Crippen molar-refractivity contribution in [1.82, 2.24) is 0 Å². The van der Waals surface area contributed by atoms with Crippen LogP contribution in [-0.4, -0.2) is 5.11 Å². The van der Waals surface area contributed by atoms with E-state index < -0.39 is 0 Å². The third kappa shape index (κ3) is 3.15. The fourth-order valence-corrected chi connectivity index (χ4v) is 2.31. The summed E-state index contributed by atoms with van der Waals surface area (Å²) in [6.45, 7) is 0.947. The summed E-state index contributed by atoms with van der Waals surface area (Å²) in [5.74, 6) is 0.809. The third-order valence-corrected chi connectivity index (χ3v) is 3.63. The molecule has 2 heteroatoms. The maximum atomic E-state index is 9.00. The molecule has 0 aliphatic heterocycles. The van der Waals surface area contributed by atoms with Crippen LogP contribution in [0.15, 0.2) is 48.5 Å². The first kappa shape index (κ1) is 12.2. The molecule has 0 atom stereocenters. The lowest BCUT2D eigenvalue weighted by Gasteiger charge is -2.08. The van der Waals surface area contributed by atoms with Crippen molar-refractivity contribution in [2.45, 2.75) is 31.9 Å². The first-order valence-corrected chi connectivity index (χ1v) is 6.87. The van der Waals surface area contributed by atoms with Crippen LogP contribution in [0.3, 0.4) is 0 Å². The summed E-state index contributed by atoms with van der Waals surface area (Å²) in [6.07, 6.45) is 2.69. The monoisotopic (exact) mass is 253 g/mol. The molecule has 1 saturated carbocycles. The Morgan fingerprint density at radius 2 is 1.79 bits per heavy atom. The molecule has 1 aliphatic carbocycles. The van der Waals surface area contributed by atoms with Crippen molar-refractivity contribution >= 4 is 5.69 Å². The smallest absolute Gasteiger partial charge is 0.0681 e. The van der Waals surface area contributed by atoms with Gasteiger partial charge in [-0.1, -0.05) is 36.4 Å². The van der Waals surface area contributed by atoms with Gasteiger partial charge in [-0.25, -0.2) is 0 Å². The second-order valence-corrected chi connectivity index (χ2v) is 5.23. The number of aliphatic hydroxyl groups is 1. The number of hydrogen-bond acceptors (Lipinski definition) is 2. The van der Waals surface area contributed by atoms with E-state index in [9.17, 15) is 0 Å². The topological polar surface area (TPSA) is 32.3 Å². The first-order chi connectivity index (χ1) is 9.35. The minimum absolute atomic E-state index is 0.101. The van der Waals surface area contributed by atoms with E-state index in [0.29, 0.717) is 0 Å². The summed E-state index contributed by atoms with van der Waals surface area (Å²) in [4.78, 5) is 0. The standard InChI is InChI=1S/C17H19NO/c19-12-13-4-8-17(9-5-13)18-11-14-2-1-3-16(10-14)15-6-7-15/h1-5,8-10,15,18-19H,6-7,11-12H2. The largest absolute Gasteiger partial charge is 0.392 e. The van der Waals surface area contributed by atoms with E-state index in [1.807, 2.05) is 24.3 Å². The lowest BCUT2D eigenvalue weighted by Crippen LogP contribution is -2.00. The van der Waals surface area contributed by atoms with Crippen molar-refractivity contribution in [1.29, 1.82) is 0 Å². The number of rotatable bonds is 5. The molecule has 2 N–H and O–H groups in total. The Bertz CT molecular complexity index is 543. The molecule has 19 heavy (non-hydrogen) atoms. The van der Waals surface area contributed by atoms with Gasteiger partial charge in [0.1, 0.15) is 0 Å². The van der Waals surface area contributed by atoms with Crippen LogP contribution < -0.4 is 5.32 Å². The van der Waals surface area contributed by atoms with Gasteiger partial charge in [0.05, 0.1) is 6.61 Å². The van der Waals surface area contributed by atoms with Crippen molar-refractivity contribution < 1.29 is 5.11 Å². The number of anilines is 1. The van der Waals surface area contributed by atoms with Gasteiger partial charge in [-0.3, -0.25) is 0 Å². The van der Waals surface area contributed by atoms with Crippen molar-refractivity contribution in [2.24, 2.45) is 0 Å². The van der Waals surface area contributed by atoms with E-state index >= 15 is 0 Å². The van der Waals surface area contributed by atoms with Crippen LogP contribution >= 0.6 is 0 Å². The van der Waals surface area contributed by atoms with Crippen LogP contribution in [0.25, 0.3) is 0 Å². The van der Waals surface area contributed by atoms with Crippen molar-refractivity contribution in [3.05, 3.63) is 65.2 Å². The number of nitrogens with one attached hydrogen (secondary N) is 1. The zero-order valence-electron chi connectivity index (χ0n) is 11.0. The predicted octanol–water partition coefficient (Wildman–Crippen LogP) is 3.67. The Labute approximate surface area is 114 Å². The van der Waals surface area contributed by atoms with E-state index in [1.54, 1.807) is 0 Å². The van der Waals surface area contributed by atoms with Crippen LogP contribution in [0.5, 0.6) is 0 Å². The van der Waals surface area contributed by atoms with Crippen LogP contribution in [-0.2, 0) is 13.2 Å². The van der Waals surface area contributed by atoms with Gasteiger partial charge in [0, 0.05) is 12.2 Å². The summed E-state index contributed by atoms with van der Waals surface area (Å²) in [7, 11) is 0. The van der Waals surface area contributed by atoms with Gasteiger partial charge in [0.2, 0.25) is 0 Å². The Balaban J connectivity index is 1.62. The first-order valence-electron chi connectivity index (χ1n) is 6.87. The molecular formula is C17H19NO. The molecule has 2 nitrogen and oxygen atoms in total. The fourth-order valence-electron chi connectivity index (χ4n) is 2.31. The normalized spacial score (nSPS) is 14.4. The van der Waals surface area contributed by atoms with Crippen molar-refractivity contribution in [2.75, 3.05) is 5.32 Å². The highest BCUT2D eigenvalue weighted by molar-refractivity contribution is 5.45. The fraction of sp³-hybridized carbons (Fsp3) is 0.294. The summed E-state index contributed by atoms with van der Waals surface area (Å²) in [6, 6.07) is 16.8. The van der Waals surface area contributed by atoms with Gasteiger partial charge in [-0.2, -0.15) is 0 Å². The molecule has 0 bridgehead atoms. The van der Waals surface area contributed by atoms with Gasteiger partial charge in [0.15, 0.2) is 0 Å². The summed E-state index contributed by atoms with van der Waals surface area (Å²) in [5, 5.41) is 12.4. The van der Waals surface area contributed by atoms with E-state index in [0.717, 1.165) is 23.7 Å². The second kappa shape index (κ2) is 5.45. The highest BCUT2D eigenvalue weighted by Crippen LogP contribution is 2.40. The lowest BCUT2D eigenvalue weighted by atomic mass is 10.1. The molecule has 98 valence electrons. The van der Waals surface area contributed by atoms with E-state index in [4.69, 9.17) is 5.11 Å². The van der Waals surface area contributed by atoms with E-state index in [-0.39, 0.29) is 6.61 Å². The van der Waals surface area contributed by atoms with Crippen LogP contribution in [0.2, 0.25) is 0 Å². The molecule has 0 aromatic heterocycles. The van der Waals surface area contributed by atoms with E-state index in [1.165, 1.54) is 24.0 Å². The van der Waals surface area contributed by atoms with Gasteiger partial charge in [-0.05, 0) is 47.6 Å². The SMILES string of the molecule is OCc1ccc(NCc2cccc(C3CC3)c2)cc1. The third-order valence-electron chi connectivity index (χ3n) is 3.63. The Morgan fingerprint density at radius 3 is 2.47 bits per heavy atom. The highest BCUT2D eigenvalue weighted by atomic mass is 16.3. The average molecular weight is 253 g/mol. The van der Waals surface area contributed by atoms with Gasteiger partial charge in [0.25, 0.3) is 0 Å². The van der Waals surface area contributed by atoms with Crippen molar-refractivity contribution in [3.8, 4) is 0 Å². The van der Waals surface area contributed by atoms with Crippen molar-refractivity contribution in [3.63, 3.8) is 0 Å². The van der Waals surface area contributed by atoms with Crippen LogP contribution in [0.1, 0.15) is 35.4 Å². The molecule has 0 amide bonds. The van der Waals surface area contributed by atoms with Crippen LogP contribution in [0, 0.1) is 0 Å². The zero-order chi connectivity index (χ0) is 13.1. The summed E-state index contributed by atoms with van der Waals surface area (Å²) < 4.78 is 0. The second-order valence-electron chi connectivity index (χ2n) is 5.23. The molecule has 0 radical (unpaired) electrons.